The molecule has 5 heteroatoms. The SMILES string of the molecule is CN(C)Cc1nc2ccc(OCCN)cc2[nH]1. The average molecular weight is 234 g/mol. The summed E-state index contributed by atoms with van der Waals surface area (Å²) in [6, 6.07) is 5.83. The quantitative estimate of drug-likeness (QED) is 0.808. The number of nitrogens with zero attached hydrogens (tertiary/aromatic N) is 2. The van der Waals surface area contributed by atoms with E-state index in [-0.39, 0.29) is 0 Å². The molecule has 0 saturated heterocycles. The van der Waals surface area contributed by atoms with Crippen LogP contribution in [0.3, 0.4) is 0 Å². The Kier molecular flexibility index (Phi) is 3.61. The van der Waals surface area contributed by atoms with Gasteiger partial charge in [-0.05, 0) is 26.2 Å². The largest absolute Gasteiger partial charge is 0.492 e. The summed E-state index contributed by atoms with van der Waals surface area (Å²) >= 11 is 0. The van der Waals surface area contributed by atoms with E-state index in [0.29, 0.717) is 13.2 Å². The highest BCUT2D eigenvalue weighted by Gasteiger charge is 2.04. The van der Waals surface area contributed by atoms with Crippen LogP contribution in [0.5, 0.6) is 5.75 Å². The lowest BCUT2D eigenvalue weighted by Crippen LogP contribution is -2.11. The zero-order chi connectivity index (χ0) is 12.3. The monoisotopic (exact) mass is 234 g/mol. The Bertz CT molecular complexity index is 492. The standard InChI is InChI=1S/C12H18N4O/c1-16(2)8-12-14-10-4-3-9(17-6-5-13)7-11(10)15-12/h3-4,7H,5-6,8,13H2,1-2H3,(H,14,15). The fourth-order valence-corrected chi connectivity index (χ4v) is 1.68. The molecule has 2 rings (SSSR count). The number of hydrogen-bond acceptors (Lipinski definition) is 4. The lowest BCUT2D eigenvalue weighted by molar-refractivity contribution is 0.328. The zero-order valence-electron chi connectivity index (χ0n) is 10.2. The maximum absolute atomic E-state index is 5.47. The summed E-state index contributed by atoms with van der Waals surface area (Å²) in [7, 11) is 4.03. The van der Waals surface area contributed by atoms with Crippen LogP contribution in [0.15, 0.2) is 18.2 Å². The minimum Gasteiger partial charge on any atom is -0.492 e. The number of aromatic nitrogens is 2. The highest BCUT2D eigenvalue weighted by molar-refractivity contribution is 5.76. The molecule has 0 unspecified atom stereocenters. The lowest BCUT2D eigenvalue weighted by atomic mass is 10.3. The third kappa shape index (κ3) is 2.95. The molecule has 5 nitrogen and oxygen atoms in total. The molecule has 17 heavy (non-hydrogen) atoms. The van der Waals surface area contributed by atoms with Gasteiger partial charge in [-0.2, -0.15) is 0 Å². The van der Waals surface area contributed by atoms with Crippen molar-refractivity contribution in [1.82, 2.24) is 14.9 Å². The predicted octanol–water partition coefficient (Wildman–Crippen LogP) is 0.962. The van der Waals surface area contributed by atoms with Gasteiger partial charge in [0.25, 0.3) is 0 Å². The Balaban J connectivity index is 2.21. The van der Waals surface area contributed by atoms with Crippen LogP contribution in [-0.4, -0.2) is 42.1 Å². The Morgan fingerprint density at radius 1 is 1.41 bits per heavy atom. The van der Waals surface area contributed by atoms with Crippen molar-refractivity contribution in [3.63, 3.8) is 0 Å². The summed E-state index contributed by atoms with van der Waals surface area (Å²) in [6.45, 7) is 1.85. The van der Waals surface area contributed by atoms with Crippen molar-refractivity contribution in [1.29, 1.82) is 0 Å². The van der Waals surface area contributed by atoms with Gasteiger partial charge in [-0.25, -0.2) is 4.98 Å². The van der Waals surface area contributed by atoms with Gasteiger partial charge >= 0.3 is 0 Å². The van der Waals surface area contributed by atoms with Gasteiger partial charge in [-0.15, -0.1) is 0 Å². The number of nitrogens with two attached hydrogens (primary N) is 1. The molecule has 0 atom stereocenters. The van der Waals surface area contributed by atoms with Crippen LogP contribution in [-0.2, 0) is 6.54 Å². The van der Waals surface area contributed by atoms with Gasteiger partial charge in [-0.1, -0.05) is 0 Å². The molecule has 1 aromatic heterocycles. The Labute approximate surface area is 101 Å². The highest BCUT2D eigenvalue weighted by atomic mass is 16.5. The van der Waals surface area contributed by atoms with Crippen molar-refractivity contribution in [2.45, 2.75) is 6.54 Å². The van der Waals surface area contributed by atoms with E-state index in [1.54, 1.807) is 0 Å². The lowest BCUT2D eigenvalue weighted by Gasteiger charge is -2.05. The Hall–Kier alpha value is -1.59. The third-order valence-electron chi connectivity index (χ3n) is 2.35. The predicted molar refractivity (Wildman–Crippen MR) is 68.0 cm³/mol. The number of benzene rings is 1. The van der Waals surface area contributed by atoms with Gasteiger partial charge in [0, 0.05) is 12.6 Å². The van der Waals surface area contributed by atoms with E-state index in [2.05, 4.69) is 14.9 Å². The second-order valence-electron chi connectivity index (χ2n) is 4.24. The van der Waals surface area contributed by atoms with Crippen molar-refractivity contribution in [2.75, 3.05) is 27.2 Å². The van der Waals surface area contributed by atoms with Crippen molar-refractivity contribution < 1.29 is 4.74 Å². The van der Waals surface area contributed by atoms with E-state index in [1.165, 1.54) is 0 Å². The molecule has 1 aromatic carbocycles. The summed E-state index contributed by atoms with van der Waals surface area (Å²) < 4.78 is 5.47. The smallest absolute Gasteiger partial charge is 0.121 e. The van der Waals surface area contributed by atoms with E-state index < -0.39 is 0 Å². The zero-order valence-corrected chi connectivity index (χ0v) is 10.2. The average Bonchev–Trinajstić information content (AvgIpc) is 2.66. The molecule has 1 heterocycles. The van der Waals surface area contributed by atoms with E-state index in [1.807, 2.05) is 32.3 Å². The van der Waals surface area contributed by atoms with Gasteiger partial charge in [0.1, 0.15) is 18.2 Å². The number of nitrogens with one attached hydrogen (secondary N) is 1. The van der Waals surface area contributed by atoms with E-state index >= 15 is 0 Å². The normalized spacial score (nSPS) is 11.3. The molecule has 0 bridgehead atoms. The number of imidazole rings is 1. The summed E-state index contributed by atoms with van der Waals surface area (Å²) in [5, 5.41) is 0. The van der Waals surface area contributed by atoms with E-state index in [9.17, 15) is 0 Å². The molecule has 92 valence electrons. The molecule has 0 aliphatic rings. The number of hydrogen-bond donors (Lipinski definition) is 2. The highest BCUT2D eigenvalue weighted by Crippen LogP contribution is 2.19. The second kappa shape index (κ2) is 5.16. The van der Waals surface area contributed by atoms with Crippen LogP contribution in [0, 0.1) is 0 Å². The minimum atomic E-state index is 0.521. The van der Waals surface area contributed by atoms with Crippen LogP contribution >= 0.6 is 0 Å². The van der Waals surface area contributed by atoms with E-state index in [0.717, 1.165) is 29.2 Å². The topological polar surface area (TPSA) is 67.2 Å². The molecule has 3 N–H and O–H groups in total. The molecule has 0 aliphatic heterocycles. The first kappa shape index (κ1) is 11.9. The summed E-state index contributed by atoms with van der Waals surface area (Å²) in [5.41, 5.74) is 7.35. The number of fused-ring (bicyclic) bond motifs is 1. The van der Waals surface area contributed by atoms with Crippen LogP contribution in [0.2, 0.25) is 0 Å². The maximum atomic E-state index is 5.47. The number of ether oxygens (including phenoxy) is 1. The van der Waals surface area contributed by atoms with Crippen LogP contribution in [0.1, 0.15) is 5.82 Å². The van der Waals surface area contributed by atoms with Gasteiger partial charge in [0.2, 0.25) is 0 Å². The van der Waals surface area contributed by atoms with Gasteiger partial charge < -0.3 is 20.4 Å². The minimum absolute atomic E-state index is 0.521. The number of rotatable bonds is 5. The van der Waals surface area contributed by atoms with Gasteiger partial charge in [0.05, 0.1) is 17.6 Å². The summed E-state index contributed by atoms with van der Waals surface area (Å²) in [4.78, 5) is 9.85. The van der Waals surface area contributed by atoms with Crippen LogP contribution < -0.4 is 10.5 Å². The van der Waals surface area contributed by atoms with Crippen LogP contribution in [0.4, 0.5) is 0 Å². The molecule has 0 saturated carbocycles. The fourth-order valence-electron chi connectivity index (χ4n) is 1.68. The van der Waals surface area contributed by atoms with Gasteiger partial charge in [-0.3, -0.25) is 0 Å². The molecular weight excluding hydrogens is 216 g/mol. The molecule has 0 aliphatic carbocycles. The molecule has 0 radical (unpaired) electrons. The first-order valence-electron chi connectivity index (χ1n) is 5.65. The third-order valence-corrected chi connectivity index (χ3v) is 2.35. The first-order chi connectivity index (χ1) is 8.19. The van der Waals surface area contributed by atoms with Crippen molar-refractivity contribution >= 4 is 11.0 Å². The first-order valence-corrected chi connectivity index (χ1v) is 5.65. The van der Waals surface area contributed by atoms with Crippen molar-refractivity contribution in [3.8, 4) is 5.75 Å². The number of aromatic amines is 1. The van der Waals surface area contributed by atoms with Crippen molar-refractivity contribution in [2.24, 2.45) is 5.73 Å². The molecular formula is C12H18N4O. The second-order valence-corrected chi connectivity index (χ2v) is 4.24. The van der Waals surface area contributed by atoms with Crippen molar-refractivity contribution in [3.05, 3.63) is 24.0 Å². The summed E-state index contributed by atoms with van der Waals surface area (Å²) in [6.07, 6.45) is 0. The Morgan fingerprint density at radius 2 is 2.24 bits per heavy atom. The Morgan fingerprint density at radius 3 is 2.94 bits per heavy atom. The molecule has 0 fully saturated rings. The fraction of sp³-hybridized carbons (Fsp3) is 0.417. The maximum Gasteiger partial charge on any atom is 0.121 e. The number of H-pyrrole nitrogens is 1. The van der Waals surface area contributed by atoms with E-state index in [4.69, 9.17) is 10.5 Å². The summed E-state index contributed by atoms with van der Waals surface area (Å²) in [5.74, 6) is 1.78. The molecule has 0 amide bonds. The van der Waals surface area contributed by atoms with Gasteiger partial charge in [0.15, 0.2) is 0 Å². The molecule has 2 aromatic rings. The molecule has 0 spiro atoms. The van der Waals surface area contributed by atoms with Crippen LogP contribution in [0.25, 0.3) is 11.0 Å².